The van der Waals surface area contributed by atoms with Crippen LogP contribution >= 0.6 is 11.3 Å². The highest BCUT2D eigenvalue weighted by atomic mass is 32.1. The van der Waals surface area contributed by atoms with Crippen LogP contribution in [0.15, 0.2) is 12.1 Å². The Hall–Kier alpha value is -0.670. The van der Waals surface area contributed by atoms with Crippen LogP contribution < -0.4 is 5.73 Å². The van der Waals surface area contributed by atoms with Crippen LogP contribution in [0.5, 0.6) is 0 Å². The summed E-state index contributed by atoms with van der Waals surface area (Å²) in [6.45, 7) is 2.00. The Labute approximate surface area is 81.8 Å². The molecule has 0 amide bonds. The molecule has 0 aromatic carbocycles. The molecule has 70 valence electrons. The second-order valence-corrected chi connectivity index (χ2v) is 4.93. The third-order valence-electron chi connectivity index (χ3n) is 2.42. The Balaban J connectivity index is 2.11. The van der Waals surface area contributed by atoms with Crippen molar-refractivity contribution in [2.75, 3.05) is 0 Å². The highest BCUT2D eigenvalue weighted by Crippen LogP contribution is 2.33. The molecule has 2 nitrogen and oxygen atoms in total. The first-order valence-corrected chi connectivity index (χ1v) is 5.36. The van der Waals surface area contributed by atoms with Crippen molar-refractivity contribution >= 4 is 17.1 Å². The molecule has 1 heterocycles. The van der Waals surface area contributed by atoms with Crippen molar-refractivity contribution < 1.29 is 4.79 Å². The first-order valence-electron chi connectivity index (χ1n) is 4.54. The number of nitrogens with two attached hydrogens (primary N) is 1. The van der Waals surface area contributed by atoms with Crippen molar-refractivity contribution in [3.05, 3.63) is 21.9 Å². The van der Waals surface area contributed by atoms with E-state index in [2.05, 4.69) is 0 Å². The van der Waals surface area contributed by atoms with Crippen molar-refractivity contribution in [2.24, 2.45) is 11.7 Å². The summed E-state index contributed by atoms with van der Waals surface area (Å²) in [6, 6.07) is 3.60. The zero-order valence-electron chi connectivity index (χ0n) is 7.62. The fourth-order valence-corrected chi connectivity index (χ4v) is 2.26. The van der Waals surface area contributed by atoms with Crippen molar-refractivity contribution in [3.8, 4) is 0 Å². The fraction of sp³-hybridized carbons (Fsp3) is 0.500. The standard InChI is InChI=1S/C10H13NOS/c1-6-2-5-8(13-6)10(12)9(11)7-3-4-7/h2,5,7,9H,3-4,11H2,1H3. The topological polar surface area (TPSA) is 43.1 Å². The summed E-state index contributed by atoms with van der Waals surface area (Å²) < 4.78 is 0. The van der Waals surface area contributed by atoms with E-state index in [1.165, 1.54) is 16.2 Å². The summed E-state index contributed by atoms with van der Waals surface area (Å²) in [5.41, 5.74) is 5.82. The van der Waals surface area contributed by atoms with Gasteiger partial charge in [-0.1, -0.05) is 0 Å². The highest BCUT2D eigenvalue weighted by molar-refractivity contribution is 7.14. The lowest BCUT2D eigenvalue weighted by molar-refractivity contribution is 0.0956. The number of thiophene rings is 1. The average Bonchev–Trinajstić information content (AvgIpc) is 2.87. The molecule has 1 aliphatic carbocycles. The molecule has 0 bridgehead atoms. The van der Waals surface area contributed by atoms with Crippen LogP contribution in [0, 0.1) is 12.8 Å². The Morgan fingerprint density at radius 1 is 1.62 bits per heavy atom. The zero-order chi connectivity index (χ0) is 9.42. The maximum absolute atomic E-state index is 11.7. The number of carbonyl (C=O) groups is 1. The molecule has 1 saturated carbocycles. The summed E-state index contributed by atoms with van der Waals surface area (Å²) in [7, 11) is 0. The SMILES string of the molecule is Cc1ccc(C(=O)C(N)C2CC2)s1. The lowest BCUT2D eigenvalue weighted by atomic mass is 10.1. The second kappa shape index (κ2) is 3.24. The first kappa shape index (κ1) is 8.91. The number of hydrogen-bond donors (Lipinski definition) is 1. The number of Topliss-reactive ketones (excluding diaryl/α,β-unsaturated/α-hetero) is 1. The molecule has 1 atom stereocenters. The molecule has 1 aliphatic rings. The highest BCUT2D eigenvalue weighted by Gasteiger charge is 2.33. The van der Waals surface area contributed by atoms with Gasteiger partial charge < -0.3 is 5.73 Å². The minimum absolute atomic E-state index is 0.126. The van der Waals surface area contributed by atoms with Crippen LogP contribution in [0.2, 0.25) is 0 Å². The Morgan fingerprint density at radius 3 is 2.77 bits per heavy atom. The van der Waals surface area contributed by atoms with E-state index in [-0.39, 0.29) is 11.8 Å². The largest absolute Gasteiger partial charge is 0.321 e. The van der Waals surface area contributed by atoms with Gasteiger partial charge in [0.25, 0.3) is 0 Å². The van der Waals surface area contributed by atoms with Gasteiger partial charge in [-0.3, -0.25) is 4.79 Å². The molecule has 1 aromatic heterocycles. The predicted molar refractivity (Wildman–Crippen MR) is 54.1 cm³/mol. The molecule has 2 rings (SSSR count). The minimum Gasteiger partial charge on any atom is -0.321 e. The Morgan fingerprint density at radius 2 is 2.31 bits per heavy atom. The molecule has 0 saturated heterocycles. The molecule has 1 fully saturated rings. The molecule has 3 heteroatoms. The molecular formula is C10H13NOS. The van der Waals surface area contributed by atoms with Gasteiger partial charge in [-0.05, 0) is 37.8 Å². The molecular weight excluding hydrogens is 182 g/mol. The average molecular weight is 195 g/mol. The number of aryl methyl sites for hydroxylation is 1. The van der Waals surface area contributed by atoms with Gasteiger partial charge in [0.05, 0.1) is 10.9 Å². The van der Waals surface area contributed by atoms with Crippen molar-refractivity contribution in [1.29, 1.82) is 0 Å². The van der Waals surface area contributed by atoms with E-state index in [0.717, 1.165) is 17.7 Å². The summed E-state index contributed by atoms with van der Waals surface area (Å²) in [5, 5.41) is 0. The molecule has 0 radical (unpaired) electrons. The van der Waals surface area contributed by atoms with Gasteiger partial charge >= 0.3 is 0 Å². The van der Waals surface area contributed by atoms with Crippen LogP contribution in [0.1, 0.15) is 27.4 Å². The van der Waals surface area contributed by atoms with E-state index in [1.54, 1.807) is 0 Å². The van der Waals surface area contributed by atoms with E-state index < -0.39 is 0 Å². The second-order valence-electron chi connectivity index (χ2n) is 3.64. The quantitative estimate of drug-likeness (QED) is 0.749. The first-order chi connectivity index (χ1) is 6.18. The van der Waals surface area contributed by atoms with Gasteiger partial charge in [0, 0.05) is 4.88 Å². The van der Waals surface area contributed by atoms with Crippen LogP contribution in [0.3, 0.4) is 0 Å². The smallest absolute Gasteiger partial charge is 0.189 e. The number of ketones is 1. The van der Waals surface area contributed by atoms with Crippen molar-refractivity contribution in [3.63, 3.8) is 0 Å². The van der Waals surface area contributed by atoms with E-state index in [9.17, 15) is 4.79 Å². The normalized spacial score (nSPS) is 18.6. The summed E-state index contributed by atoms with van der Waals surface area (Å²) in [6.07, 6.45) is 2.24. The Bertz CT molecular complexity index is 327. The summed E-state index contributed by atoms with van der Waals surface area (Å²) >= 11 is 1.54. The van der Waals surface area contributed by atoms with Crippen LogP contribution in [0.4, 0.5) is 0 Å². The van der Waals surface area contributed by atoms with Gasteiger partial charge in [0.2, 0.25) is 0 Å². The fourth-order valence-electron chi connectivity index (χ4n) is 1.40. The third-order valence-corrected chi connectivity index (χ3v) is 3.43. The third kappa shape index (κ3) is 1.81. The van der Waals surface area contributed by atoms with Crippen molar-refractivity contribution in [1.82, 2.24) is 0 Å². The number of carbonyl (C=O) groups excluding carboxylic acids is 1. The van der Waals surface area contributed by atoms with Crippen LogP contribution in [-0.4, -0.2) is 11.8 Å². The van der Waals surface area contributed by atoms with E-state index in [4.69, 9.17) is 5.73 Å². The number of hydrogen-bond acceptors (Lipinski definition) is 3. The molecule has 1 aromatic rings. The minimum atomic E-state index is -0.252. The van der Waals surface area contributed by atoms with E-state index >= 15 is 0 Å². The molecule has 0 spiro atoms. The Kier molecular flexibility index (Phi) is 2.22. The molecule has 2 N–H and O–H groups in total. The van der Waals surface area contributed by atoms with Gasteiger partial charge in [-0.2, -0.15) is 0 Å². The summed E-state index contributed by atoms with van der Waals surface area (Å²) in [4.78, 5) is 13.7. The predicted octanol–water partition coefficient (Wildman–Crippen LogP) is 1.98. The van der Waals surface area contributed by atoms with E-state index in [0.29, 0.717) is 5.92 Å². The maximum atomic E-state index is 11.7. The van der Waals surface area contributed by atoms with E-state index in [1.807, 2.05) is 19.1 Å². The molecule has 13 heavy (non-hydrogen) atoms. The van der Waals surface area contributed by atoms with Gasteiger partial charge in [-0.25, -0.2) is 0 Å². The van der Waals surface area contributed by atoms with Gasteiger partial charge in [-0.15, -0.1) is 11.3 Å². The zero-order valence-corrected chi connectivity index (χ0v) is 8.43. The molecule has 0 aliphatic heterocycles. The monoisotopic (exact) mass is 195 g/mol. The lowest BCUT2D eigenvalue weighted by Crippen LogP contribution is -2.31. The number of rotatable bonds is 3. The van der Waals surface area contributed by atoms with Gasteiger partial charge in [0.15, 0.2) is 5.78 Å². The van der Waals surface area contributed by atoms with Crippen molar-refractivity contribution in [2.45, 2.75) is 25.8 Å². The van der Waals surface area contributed by atoms with Gasteiger partial charge in [0.1, 0.15) is 0 Å². The van der Waals surface area contributed by atoms with Crippen LogP contribution in [0.25, 0.3) is 0 Å². The summed E-state index contributed by atoms with van der Waals surface area (Å²) in [5.74, 6) is 0.579. The molecule has 1 unspecified atom stereocenters. The van der Waals surface area contributed by atoms with Crippen LogP contribution in [-0.2, 0) is 0 Å². The maximum Gasteiger partial charge on any atom is 0.189 e. The lowest BCUT2D eigenvalue weighted by Gasteiger charge is -2.05.